The molecule has 0 aliphatic carbocycles. The highest BCUT2D eigenvalue weighted by Gasteiger charge is 2.21. The van der Waals surface area contributed by atoms with Crippen molar-refractivity contribution in [2.45, 2.75) is 11.5 Å². The quantitative estimate of drug-likeness (QED) is 0.528. The number of hydrogen-bond acceptors (Lipinski definition) is 6. The van der Waals surface area contributed by atoms with Crippen LogP contribution in [0.3, 0.4) is 0 Å². The number of alkyl halides is 2. The second kappa shape index (κ2) is 4.42. The number of ether oxygens (including phenoxy) is 1. The Bertz CT molecular complexity index is 438. The van der Waals surface area contributed by atoms with E-state index in [9.17, 15) is 17.2 Å². The summed E-state index contributed by atoms with van der Waals surface area (Å²) in [4.78, 5) is 7.38. The van der Waals surface area contributed by atoms with Crippen LogP contribution in [0.5, 0.6) is 5.88 Å². The number of halogens is 2. The molecule has 0 amide bonds. The number of aromatic nitrogens is 2. The van der Waals surface area contributed by atoms with E-state index < -0.39 is 27.4 Å². The molecule has 15 heavy (non-hydrogen) atoms. The molecule has 0 radical (unpaired) electrons. The molecule has 0 atom stereocenters. The first kappa shape index (κ1) is 11.7. The van der Waals surface area contributed by atoms with E-state index in [0.717, 1.165) is 12.5 Å². The fourth-order valence-electron chi connectivity index (χ4n) is 0.726. The topological polar surface area (TPSA) is 107 Å². The smallest absolute Gasteiger partial charge is 0.388 e. The highest BCUT2D eigenvalue weighted by molar-refractivity contribution is 7.89. The normalized spacial score (nSPS) is 11.7. The lowest BCUT2D eigenvalue weighted by Crippen LogP contribution is -2.31. The fraction of sp³-hybridized carbons (Fsp3) is 0.200. The molecule has 1 heterocycles. The first-order valence-corrected chi connectivity index (χ1v) is 4.93. The number of hydrogen-bond donors (Lipinski definition) is 2. The average molecular weight is 240 g/mol. The summed E-state index contributed by atoms with van der Waals surface area (Å²) in [5, 5.41) is 0. The molecule has 1 rings (SSSR count). The summed E-state index contributed by atoms with van der Waals surface area (Å²) in [5.74, 6) is 3.94. The van der Waals surface area contributed by atoms with Gasteiger partial charge in [-0.05, 0) is 0 Å². The molecule has 7 nitrogen and oxygen atoms in total. The van der Waals surface area contributed by atoms with E-state index in [2.05, 4.69) is 14.7 Å². The zero-order chi connectivity index (χ0) is 11.5. The fourth-order valence-corrected chi connectivity index (χ4v) is 1.38. The molecule has 1 aromatic rings. The summed E-state index contributed by atoms with van der Waals surface area (Å²) in [6.07, 6.45) is 1.66. The Morgan fingerprint density at radius 2 is 2.20 bits per heavy atom. The molecule has 0 saturated carbocycles. The van der Waals surface area contributed by atoms with E-state index in [1.165, 1.54) is 4.83 Å². The predicted octanol–water partition coefficient (Wildman–Crippen LogP) is -0.770. The van der Waals surface area contributed by atoms with Crippen LogP contribution in [0, 0.1) is 0 Å². The lowest BCUT2D eigenvalue weighted by molar-refractivity contribution is -0.0550. The molecule has 0 unspecified atom stereocenters. The van der Waals surface area contributed by atoms with Gasteiger partial charge in [0.25, 0.3) is 10.0 Å². The monoisotopic (exact) mass is 240 g/mol. The van der Waals surface area contributed by atoms with Gasteiger partial charge >= 0.3 is 6.61 Å². The van der Waals surface area contributed by atoms with Gasteiger partial charge in [-0.2, -0.15) is 8.78 Å². The standard InChI is InChI=1S/C5H6F2N4O3S/c6-5(7)14-4-3(1-9-2-10-4)15(12,13)11-8/h1-2,5,11H,8H2. The molecule has 0 spiro atoms. The molecule has 0 aromatic carbocycles. The van der Waals surface area contributed by atoms with Gasteiger partial charge in [-0.15, -0.1) is 4.83 Å². The van der Waals surface area contributed by atoms with E-state index in [1.54, 1.807) is 0 Å². The Morgan fingerprint density at radius 1 is 1.53 bits per heavy atom. The number of nitrogens with one attached hydrogen (secondary N) is 1. The highest BCUT2D eigenvalue weighted by Crippen LogP contribution is 2.20. The van der Waals surface area contributed by atoms with Crippen LogP contribution in [0.25, 0.3) is 0 Å². The van der Waals surface area contributed by atoms with Crippen LogP contribution in [0.2, 0.25) is 0 Å². The Balaban J connectivity index is 3.18. The van der Waals surface area contributed by atoms with Crippen molar-refractivity contribution in [1.82, 2.24) is 14.8 Å². The zero-order valence-electron chi connectivity index (χ0n) is 7.09. The molecule has 84 valence electrons. The van der Waals surface area contributed by atoms with Crippen LogP contribution in [0.4, 0.5) is 8.78 Å². The Hall–Kier alpha value is -1.39. The van der Waals surface area contributed by atoms with Gasteiger partial charge in [-0.25, -0.2) is 18.4 Å². The second-order valence-electron chi connectivity index (χ2n) is 2.19. The number of rotatable bonds is 4. The van der Waals surface area contributed by atoms with Crippen molar-refractivity contribution in [1.29, 1.82) is 0 Å². The van der Waals surface area contributed by atoms with Crippen LogP contribution in [0.15, 0.2) is 17.4 Å². The van der Waals surface area contributed by atoms with Crippen LogP contribution in [-0.2, 0) is 10.0 Å². The molecule has 10 heteroatoms. The number of nitrogens with two attached hydrogens (primary N) is 1. The third-order valence-corrected chi connectivity index (χ3v) is 2.46. The molecule has 1 aromatic heterocycles. The molecule has 0 aliphatic heterocycles. The maximum atomic E-state index is 11.9. The minimum absolute atomic E-state index is 0.659. The van der Waals surface area contributed by atoms with Crippen molar-refractivity contribution in [2.75, 3.05) is 0 Å². The van der Waals surface area contributed by atoms with E-state index in [-0.39, 0.29) is 0 Å². The summed E-state index contributed by atoms with van der Waals surface area (Å²) in [5.41, 5.74) is 0. The SMILES string of the molecule is NNS(=O)(=O)c1cncnc1OC(F)F. The van der Waals surface area contributed by atoms with E-state index in [0.29, 0.717) is 0 Å². The molecule has 3 N–H and O–H groups in total. The summed E-state index contributed by atoms with van der Waals surface area (Å²) in [6.45, 7) is -3.19. The molecular formula is C5H6F2N4O3S. The van der Waals surface area contributed by atoms with Crippen molar-refractivity contribution in [3.05, 3.63) is 12.5 Å². The molecule has 0 aliphatic rings. The average Bonchev–Trinajstić information content (AvgIpc) is 2.17. The highest BCUT2D eigenvalue weighted by atomic mass is 32.2. The molecule has 0 saturated heterocycles. The first-order chi connectivity index (χ1) is 6.97. The summed E-state index contributed by atoms with van der Waals surface area (Å²) < 4.78 is 49.9. The minimum atomic E-state index is -4.13. The number of sulfonamides is 1. The Morgan fingerprint density at radius 3 is 2.73 bits per heavy atom. The Kier molecular flexibility index (Phi) is 3.44. The van der Waals surface area contributed by atoms with Gasteiger partial charge in [0, 0.05) is 0 Å². The number of nitrogens with zero attached hydrogens (tertiary/aromatic N) is 2. The van der Waals surface area contributed by atoms with Gasteiger partial charge < -0.3 is 4.74 Å². The summed E-state index contributed by atoms with van der Waals surface area (Å²) >= 11 is 0. The van der Waals surface area contributed by atoms with Crippen molar-refractivity contribution < 1.29 is 21.9 Å². The lowest BCUT2D eigenvalue weighted by Gasteiger charge is -2.07. The zero-order valence-corrected chi connectivity index (χ0v) is 7.91. The van der Waals surface area contributed by atoms with Crippen molar-refractivity contribution in [3.8, 4) is 5.88 Å². The third kappa shape index (κ3) is 2.78. The van der Waals surface area contributed by atoms with Gasteiger partial charge in [0.05, 0.1) is 6.20 Å². The van der Waals surface area contributed by atoms with Crippen LogP contribution < -0.4 is 15.4 Å². The van der Waals surface area contributed by atoms with Gasteiger partial charge in [0.15, 0.2) is 4.90 Å². The van der Waals surface area contributed by atoms with Crippen molar-refractivity contribution >= 4 is 10.0 Å². The Labute approximate surface area is 83.3 Å². The van der Waals surface area contributed by atoms with E-state index >= 15 is 0 Å². The minimum Gasteiger partial charge on any atom is -0.415 e. The number of hydrazine groups is 1. The molecule has 0 fully saturated rings. The molecular weight excluding hydrogens is 234 g/mol. The predicted molar refractivity (Wildman–Crippen MR) is 43.2 cm³/mol. The molecule has 0 bridgehead atoms. The van der Waals surface area contributed by atoms with Gasteiger partial charge in [0.2, 0.25) is 5.88 Å². The third-order valence-electron chi connectivity index (χ3n) is 1.29. The van der Waals surface area contributed by atoms with Crippen molar-refractivity contribution in [2.24, 2.45) is 5.84 Å². The van der Waals surface area contributed by atoms with Gasteiger partial charge in [0.1, 0.15) is 6.33 Å². The first-order valence-electron chi connectivity index (χ1n) is 3.44. The second-order valence-corrected chi connectivity index (χ2v) is 3.87. The van der Waals surface area contributed by atoms with E-state index in [1.807, 2.05) is 0 Å². The van der Waals surface area contributed by atoms with E-state index in [4.69, 9.17) is 5.84 Å². The van der Waals surface area contributed by atoms with Crippen LogP contribution in [-0.4, -0.2) is 25.0 Å². The maximum Gasteiger partial charge on any atom is 0.388 e. The summed E-state index contributed by atoms with van der Waals surface area (Å²) in [6, 6.07) is 0. The van der Waals surface area contributed by atoms with Crippen molar-refractivity contribution in [3.63, 3.8) is 0 Å². The largest absolute Gasteiger partial charge is 0.415 e. The lowest BCUT2D eigenvalue weighted by atomic mass is 10.6. The van der Waals surface area contributed by atoms with Crippen LogP contribution in [0.1, 0.15) is 0 Å². The maximum absolute atomic E-state index is 11.9. The van der Waals surface area contributed by atoms with Gasteiger partial charge in [-0.3, -0.25) is 5.84 Å². The van der Waals surface area contributed by atoms with Gasteiger partial charge in [-0.1, -0.05) is 0 Å². The van der Waals surface area contributed by atoms with Crippen LogP contribution >= 0.6 is 0 Å². The summed E-state index contributed by atoms with van der Waals surface area (Å²) in [7, 11) is -4.13.